The number of benzene rings is 1. The molecule has 0 unspecified atom stereocenters. The quantitative estimate of drug-likeness (QED) is 0.493. The molecule has 0 radical (unpaired) electrons. The fourth-order valence-electron chi connectivity index (χ4n) is 0.598. The highest BCUT2D eigenvalue weighted by molar-refractivity contribution is 9.13. The summed E-state index contributed by atoms with van der Waals surface area (Å²) in [5.74, 6) is 0. The van der Waals surface area contributed by atoms with Crippen molar-refractivity contribution in [3.8, 4) is 0 Å². The molecule has 0 heterocycles. The Morgan fingerprint density at radius 2 is 1.82 bits per heavy atom. The molecule has 0 saturated carbocycles. The molecule has 0 atom stereocenters. The van der Waals surface area contributed by atoms with Crippen molar-refractivity contribution in [3.63, 3.8) is 0 Å². The van der Waals surface area contributed by atoms with E-state index in [9.17, 15) is 0 Å². The van der Waals surface area contributed by atoms with Crippen LogP contribution in [0.5, 0.6) is 0 Å². The first-order chi connectivity index (χ1) is 5.15. The van der Waals surface area contributed by atoms with Gasteiger partial charge in [0, 0.05) is 14.0 Å². The fourth-order valence-corrected chi connectivity index (χ4v) is 1.61. The van der Waals surface area contributed by atoms with E-state index in [1.54, 1.807) is 12.1 Å². The van der Waals surface area contributed by atoms with Gasteiger partial charge in [0.1, 0.15) is 0 Å². The maximum Gasteiger partial charge on any atom is 0.206 e. The first-order valence-electron chi connectivity index (χ1n) is 2.67. The molecule has 0 N–H and O–H groups in total. The number of rotatable bonds is 0. The van der Waals surface area contributed by atoms with E-state index in [1.165, 1.54) is 0 Å². The lowest BCUT2D eigenvalue weighted by Gasteiger charge is -1.98. The minimum absolute atomic E-state index is 0.460. The van der Waals surface area contributed by atoms with Gasteiger partial charge in [0.05, 0.1) is 6.57 Å². The summed E-state index contributed by atoms with van der Waals surface area (Å²) in [6, 6.07) is 3.37. The van der Waals surface area contributed by atoms with Crippen LogP contribution >= 0.6 is 43.5 Å². The summed E-state index contributed by atoms with van der Waals surface area (Å²) in [6.45, 7) is 6.76. The molecule has 0 aliphatic carbocycles. The van der Waals surface area contributed by atoms with Crippen LogP contribution in [-0.2, 0) is 0 Å². The van der Waals surface area contributed by atoms with Crippen LogP contribution < -0.4 is 0 Å². The van der Waals surface area contributed by atoms with Gasteiger partial charge in [-0.05, 0) is 28.1 Å². The molecule has 0 aliphatic heterocycles. The molecule has 1 aromatic rings. The van der Waals surface area contributed by atoms with Crippen molar-refractivity contribution in [2.24, 2.45) is 0 Å². The van der Waals surface area contributed by atoms with Crippen LogP contribution in [0.3, 0.4) is 0 Å². The molecule has 0 amide bonds. The largest absolute Gasteiger partial charge is 0.237 e. The van der Waals surface area contributed by atoms with Crippen LogP contribution in [0, 0.1) is 6.57 Å². The Morgan fingerprint density at radius 1 is 1.27 bits per heavy atom. The molecule has 11 heavy (non-hydrogen) atoms. The molecule has 4 heteroatoms. The molecular weight excluding hydrogens is 293 g/mol. The van der Waals surface area contributed by atoms with Crippen LogP contribution in [0.15, 0.2) is 21.1 Å². The highest BCUT2D eigenvalue weighted by Gasteiger charge is 2.03. The Morgan fingerprint density at radius 3 is 2.36 bits per heavy atom. The summed E-state index contributed by atoms with van der Waals surface area (Å²) in [5, 5.41) is 0.468. The predicted molar refractivity (Wildman–Crippen MR) is 53.1 cm³/mol. The molecule has 0 fully saturated rings. The lowest BCUT2D eigenvalue weighted by molar-refractivity contribution is 1.60. The lowest BCUT2D eigenvalue weighted by atomic mass is 10.3. The first-order valence-corrected chi connectivity index (χ1v) is 4.63. The Labute approximate surface area is 86.4 Å². The van der Waals surface area contributed by atoms with Crippen molar-refractivity contribution in [1.29, 1.82) is 0 Å². The zero-order valence-corrected chi connectivity index (χ0v) is 9.16. The highest BCUT2D eigenvalue weighted by Crippen LogP contribution is 2.34. The van der Waals surface area contributed by atoms with Crippen molar-refractivity contribution in [1.82, 2.24) is 0 Å². The Kier molecular flexibility index (Phi) is 2.94. The fraction of sp³-hybridized carbons (Fsp3) is 0. The molecule has 1 aromatic carbocycles. The van der Waals surface area contributed by atoms with E-state index in [1.807, 2.05) is 0 Å². The third kappa shape index (κ3) is 1.96. The molecule has 0 bridgehead atoms. The highest BCUT2D eigenvalue weighted by atomic mass is 79.9. The maximum atomic E-state index is 6.76. The van der Waals surface area contributed by atoms with Gasteiger partial charge in [-0.25, -0.2) is 4.85 Å². The molecule has 1 nitrogen and oxygen atoms in total. The summed E-state index contributed by atoms with van der Waals surface area (Å²) in [4.78, 5) is 3.24. The number of nitrogens with zero attached hydrogens (tertiary/aromatic N) is 1. The molecule has 0 saturated heterocycles. The van der Waals surface area contributed by atoms with E-state index >= 15 is 0 Å². The molecule has 0 aliphatic rings. The molecule has 0 spiro atoms. The van der Waals surface area contributed by atoms with Gasteiger partial charge in [0.2, 0.25) is 5.69 Å². The Balaban J connectivity index is 3.35. The van der Waals surface area contributed by atoms with Crippen molar-refractivity contribution >= 4 is 49.1 Å². The Bertz CT molecular complexity index is 330. The summed E-state index contributed by atoms with van der Waals surface area (Å²) in [5.41, 5.74) is 0.460. The van der Waals surface area contributed by atoms with Gasteiger partial charge in [0.15, 0.2) is 0 Å². The van der Waals surface area contributed by atoms with Gasteiger partial charge < -0.3 is 0 Å². The van der Waals surface area contributed by atoms with Crippen LogP contribution in [-0.4, -0.2) is 0 Å². The van der Waals surface area contributed by atoms with Gasteiger partial charge in [-0.1, -0.05) is 27.5 Å². The first kappa shape index (κ1) is 9.05. The van der Waals surface area contributed by atoms with Crippen molar-refractivity contribution < 1.29 is 0 Å². The average Bonchev–Trinajstić information content (AvgIpc) is 1.97. The average molecular weight is 295 g/mol. The molecule has 56 valence electrons. The van der Waals surface area contributed by atoms with E-state index < -0.39 is 0 Å². The number of hydrogen-bond donors (Lipinski definition) is 0. The van der Waals surface area contributed by atoms with E-state index in [0.29, 0.717) is 10.7 Å². The normalized spacial score (nSPS) is 9.27. The van der Waals surface area contributed by atoms with Gasteiger partial charge >= 0.3 is 0 Å². The van der Waals surface area contributed by atoms with Crippen LogP contribution in [0.25, 0.3) is 4.85 Å². The van der Waals surface area contributed by atoms with Gasteiger partial charge in [-0.2, -0.15) is 0 Å². The third-order valence-corrected chi connectivity index (χ3v) is 3.26. The smallest absolute Gasteiger partial charge is 0.206 e. The van der Waals surface area contributed by atoms with Crippen LogP contribution in [0.1, 0.15) is 0 Å². The second kappa shape index (κ2) is 3.57. The summed E-state index contributed by atoms with van der Waals surface area (Å²) in [6.07, 6.45) is 0. The van der Waals surface area contributed by atoms with E-state index in [-0.39, 0.29) is 0 Å². The van der Waals surface area contributed by atoms with Crippen molar-refractivity contribution in [3.05, 3.63) is 37.5 Å². The predicted octanol–water partition coefficient (Wildman–Crippen LogP) is 4.42. The second-order valence-corrected chi connectivity index (χ2v) is 3.95. The standard InChI is InChI=1S/C7H2Br2ClN/c1-11-7-3-5(9)4(8)2-6(7)10/h2-3H. The lowest BCUT2D eigenvalue weighted by Crippen LogP contribution is -1.70. The van der Waals surface area contributed by atoms with Gasteiger partial charge in [0.25, 0.3) is 0 Å². The van der Waals surface area contributed by atoms with Crippen molar-refractivity contribution in [2.45, 2.75) is 0 Å². The number of halogens is 3. The summed E-state index contributed by atoms with van der Waals surface area (Å²) >= 11 is 12.3. The Hall–Kier alpha value is -0.0400. The zero-order chi connectivity index (χ0) is 8.43. The topological polar surface area (TPSA) is 4.36 Å². The molecular formula is C7H2Br2ClN. The maximum absolute atomic E-state index is 6.76. The summed E-state index contributed by atoms with van der Waals surface area (Å²) in [7, 11) is 0. The number of hydrogen-bond acceptors (Lipinski definition) is 0. The zero-order valence-electron chi connectivity index (χ0n) is 5.24. The van der Waals surface area contributed by atoms with Crippen molar-refractivity contribution in [2.75, 3.05) is 0 Å². The second-order valence-electron chi connectivity index (χ2n) is 1.83. The summed E-state index contributed by atoms with van der Waals surface area (Å²) < 4.78 is 1.70. The minimum atomic E-state index is 0.460. The van der Waals surface area contributed by atoms with Gasteiger partial charge in [-0.15, -0.1) is 0 Å². The van der Waals surface area contributed by atoms with Gasteiger partial charge in [-0.3, -0.25) is 0 Å². The third-order valence-electron chi connectivity index (χ3n) is 1.11. The van der Waals surface area contributed by atoms with Crippen LogP contribution in [0.2, 0.25) is 5.02 Å². The van der Waals surface area contributed by atoms with E-state index in [0.717, 1.165) is 8.95 Å². The molecule has 1 rings (SSSR count). The molecule has 0 aromatic heterocycles. The van der Waals surface area contributed by atoms with Crippen LogP contribution in [0.4, 0.5) is 5.69 Å². The van der Waals surface area contributed by atoms with E-state index in [4.69, 9.17) is 18.2 Å². The monoisotopic (exact) mass is 293 g/mol. The SMILES string of the molecule is [C-]#[N+]c1cc(Br)c(Br)cc1Cl. The van der Waals surface area contributed by atoms with E-state index in [2.05, 4.69) is 36.7 Å². The minimum Gasteiger partial charge on any atom is -0.237 e.